The summed E-state index contributed by atoms with van der Waals surface area (Å²) >= 11 is 12.3. The van der Waals surface area contributed by atoms with Crippen LogP contribution in [0.2, 0.25) is 10.0 Å². The molecule has 1 aliphatic rings. The molecule has 2 amide bonds. The highest BCUT2D eigenvalue weighted by molar-refractivity contribution is 6.30. The van der Waals surface area contributed by atoms with Crippen LogP contribution in [0, 0.1) is 12.3 Å². The number of hydrogen-bond acceptors (Lipinski definition) is 3. The van der Waals surface area contributed by atoms with Gasteiger partial charge < -0.3 is 14.9 Å². The summed E-state index contributed by atoms with van der Waals surface area (Å²) in [5.41, 5.74) is 2.68. The maximum atomic E-state index is 14.3. The van der Waals surface area contributed by atoms with E-state index in [0.29, 0.717) is 45.3 Å². The molecule has 0 saturated carbocycles. The van der Waals surface area contributed by atoms with E-state index < -0.39 is 18.1 Å². The zero-order valence-electron chi connectivity index (χ0n) is 20.7. The van der Waals surface area contributed by atoms with Crippen molar-refractivity contribution in [2.45, 2.75) is 38.3 Å². The van der Waals surface area contributed by atoms with Gasteiger partial charge in [-0.1, -0.05) is 53.4 Å². The van der Waals surface area contributed by atoms with Gasteiger partial charge in [0.25, 0.3) is 11.8 Å². The first kappa shape index (κ1) is 27.3. The van der Waals surface area contributed by atoms with Crippen LogP contribution in [0.25, 0.3) is 0 Å². The number of aliphatic carboxylic acids is 1. The molecule has 1 aliphatic heterocycles. The van der Waals surface area contributed by atoms with Crippen molar-refractivity contribution in [3.63, 3.8) is 0 Å². The zero-order valence-corrected chi connectivity index (χ0v) is 22.2. The minimum Gasteiger partial charge on any atom is -0.481 e. The molecule has 0 spiro atoms. The average Bonchev–Trinajstić information content (AvgIpc) is 2.99. The molecule has 2 atom stereocenters. The summed E-state index contributed by atoms with van der Waals surface area (Å²) < 4.78 is 0. The van der Waals surface area contributed by atoms with Crippen molar-refractivity contribution >= 4 is 46.7 Å². The quantitative estimate of drug-likeness (QED) is 0.256. The molecule has 0 aromatic heterocycles. The van der Waals surface area contributed by atoms with Gasteiger partial charge in [-0.25, -0.2) is 0 Å². The fraction of sp³-hybridized carbons (Fsp3) is 0.233. The summed E-state index contributed by atoms with van der Waals surface area (Å²) in [6.45, 7) is 2.11. The van der Waals surface area contributed by atoms with E-state index in [-0.39, 0.29) is 24.8 Å². The minimum atomic E-state index is -0.966. The van der Waals surface area contributed by atoms with E-state index >= 15 is 0 Å². The van der Waals surface area contributed by atoms with Gasteiger partial charge in [0, 0.05) is 28.6 Å². The molecule has 1 heterocycles. The van der Waals surface area contributed by atoms with Gasteiger partial charge in [-0.2, -0.15) is 0 Å². The van der Waals surface area contributed by atoms with Crippen LogP contribution in [-0.2, 0) is 9.59 Å². The third-order valence-corrected chi connectivity index (χ3v) is 7.18. The van der Waals surface area contributed by atoms with Crippen molar-refractivity contribution in [1.29, 1.82) is 0 Å². The minimum absolute atomic E-state index is 0.00973. The molecule has 3 aromatic carbocycles. The van der Waals surface area contributed by atoms with Crippen molar-refractivity contribution in [3.05, 3.63) is 99.0 Å². The first-order valence-electron chi connectivity index (χ1n) is 12.2. The van der Waals surface area contributed by atoms with E-state index in [1.165, 1.54) is 0 Å². The largest absolute Gasteiger partial charge is 0.481 e. The average molecular weight is 549 g/mol. The Morgan fingerprint density at radius 3 is 2.24 bits per heavy atom. The number of carboxylic acid groups (broad SMARTS) is 1. The normalized spacial score (nSPS) is 16.0. The Labute approximate surface area is 231 Å². The Hall–Kier alpha value is -3.79. The summed E-state index contributed by atoms with van der Waals surface area (Å²) in [6, 6.07) is 17.5. The number of carbonyl (C=O) groups is 3. The summed E-state index contributed by atoms with van der Waals surface area (Å²) in [7, 11) is 0. The van der Waals surface area contributed by atoms with Crippen molar-refractivity contribution in [2.75, 3.05) is 11.4 Å². The molecule has 0 bridgehead atoms. The Bertz CT molecular complexity index is 1400. The van der Waals surface area contributed by atoms with Crippen molar-refractivity contribution in [2.24, 2.45) is 0 Å². The highest BCUT2D eigenvalue weighted by Gasteiger charge is 2.42. The number of rotatable bonds is 8. The van der Waals surface area contributed by atoms with Crippen LogP contribution in [0.5, 0.6) is 0 Å². The lowest BCUT2D eigenvalue weighted by Crippen LogP contribution is -2.44. The highest BCUT2D eigenvalue weighted by atomic mass is 35.5. The van der Waals surface area contributed by atoms with Crippen LogP contribution in [0.1, 0.15) is 65.3 Å². The molecule has 4 rings (SSSR count). The number of nitrogens with zero attached hydrogens (tertiary/aromatic N) is 2. The molecule has 38 heavy (non-hydrogen) atoms. The van der Waals surface area contributed by atoms with Crippen LogP contribution in [0.15, 0.2) is 66.7 Å². The third kappa shape index (κ3) is 5.70. The van der Waals surface area contributed by atoms with Gasteiger partial charge in [0.2, 0.25) is 0 Å². The smallest absolute Gasteiger partial charge is 0.303 e. The number of unbranched alkanes of at least 4 members (excludes halogenated alkanes) is 1. The van der Waals surface area contributed by atoms with Gasteiger partial charge in [-0.05, 0) is 73.4 Å². The molecule has 3 aromatic rings. The fourth-order valence-corrected chi connectivity index (χ4v) is 4.95. The van der Waals surface area contributed by atoms with Crippen molar-refractivity contribution < 1.29 is 19.5 Å². The molecule has 0 fully saturated rings. The van der Waals surface area contributed by atoms with Gasteiger partial charge >= 0.3 is 5.97 Å². The van der Waals surface area contributed by atoms with Gasteiger partial charge in [-0.15, -0.1) is 6.42 Å². The first-order chi connectivity index (χ1) is 18.2. The second-order valence-electron chi connectivity index (χ2n) is 9.11. The highest BCUT2D eigenvalue weighted by Crippen LogP contribution is 2.40. The van der Waals surface area contributed by atoms with E-state index in [1.54, 1.807) is 64.4 Å². The number of carboxylic acids is 1. The van der Waals surface area contributed by atoms with Crippen LogP contribution >= 0.6 is 23.2 Å². The number of fused-ring (bicyclic) bond motifs is 1. The second kappa shape index (κ2) is 11.7. The number of amides is 2. The Morgan fingerprint density at radius 2 is 1.63 bits per heavy atom. The van der Waals surface area contributed by atoms with E-state index in [1.807, 2.05) is 19.1 Å². The molecule has 2 unspecified atom stereocenters. The van der Waals surface area contributed by atoms with Gasteiger partial charge in [0.05, 0.1) is 17.3 Å². The summed E-state index contributed by atoms with van der Waals surface area (Å²) in [5.74, 6) is 1.02. The molecule has 1 N–H and O–H groups in total. The molecule has 194 valence electrons. The number of halogens is 2. The molecule has 0 saturated heterocycles. The molecular formula is C30H26Cl2N2O4. The lowest BCUT2D eigenvalue weighted by Gasteiger charge is -2.36. The molecule has 0 aliphatic carbocycles. The summed E-state index contributed by atoms with van der Waals surface area (Å²) in [6.07, 6.45) is 6.48. The van der Waals surface area contributed by atoms with Crippen LogP contribution in [-0.4, -0.2) is 34.3 Å². The standard InChI is InChI=1S/C30H26Cl2N2O4/c1-3-20-7-16-26-25(18-20)29(37)34(19(2)21-8-12-23(31)13-9-21)28(22-10-14-24(32)15-11-22)30(38)33(26)17-5-4-6-27(35)36/h1,7-16,18-19,28H,4-6,17H2,2H3,(H,35,36). The predicted molar refractivity (Wildman–Crippen MR) is 148 cm³/mol. The van der Waals surface area contributed by atoms with E-state index in [2.05, 4.69) is 5.92 Å². The third-order valence-electron chi connectivity index (χ3n) is 6.67. The number of benzene rings is 3. The molecule has 8 heteroatoms. The van der Waals surface area contributed by atoms with Crippen molar-refractivity contribution in [1.82, 2.24) is 4.90 Å². The van der Waals surface area contributed by atoms with Crippen molar-refractivity contribution in [3.8, 4) is 12.3 Å². The number of hydrogen-bond donors (Lipinski definition) is 1. The van der Waals surface area contributed by atoms with Crippen LogP contribution < -0.4 is 4.90 Å². The monoisotopic (exact) mass is 548 g/mol. The summed E-state index contributed by atoms with van der Waals surface area (Å²) in [4.78, 5) is 42.8. The van der Waals surface area contributed by atoms with E-state index in [9.17, 15) is 14.4 Å². The number of terminal acetylenes is 1. The van der Waals surface area contributed by atoms with Gasteiger partial charge in [0.15, 0.2) is 0 Å². The SMILES string of the molecule is C#Cc1ccc2c(c1)C(=O)N(C(C)c1ccc(Cl)cc1)C(c1ccc(Cl)cc1)C(=O)N2CCCCC(=O)O. The van der Waals surface area contributed by atoms with Gasteiger partial charge in [-0.3, -0.25) is 14.4 Å². The zero-order chi connectivity index (χ0) is 27.4. The second-order valence-corrected chi connectivity index (χ2v) is 9.98. The Balaban J connectivity index is 1.88. The lowest BCUT2D eigenvalue weighted by molar-refractivity contribution is -0.137. The number of anilines is 1. The Kier molecular flexibility index (Phi) is 8.41. The van der Waals surface area contributed by atoms with Crippen LogP contribution in [0.3, 0.4) is 0 Å². The Morgan fingerprint density at radius 1 is 1.00 bits per heavy atom. The summed E-state index contributed by atoms with van der Waals surface area (Å²) in [5, 5.41) is 10.1. The predicted octanol–water partition coefficient (Wildman–Crippen LogP) is 6.52. The topological polar surface area (TPSA) is 77.9 Å². The maximum Gasteiger partial charge on any atom is 0.303 e. The van der Waals surface area contributed by atoms with Gasteiger partial charge in [0.1, 0.15) is 6.04 Å². The molecule has 6 nitrogen and oxygen atoms in total. The van der Waals surface area contributed by atoms with E-state index in [4.69, 9.17) is 34.7 Å². The fourth-order valence-electron chi connectivity index (χ4n) is 4.70. The van der Waals surface area contributed by atoms with Crippen LogP contribution in [0.4, 0.5) is 5.69 Å². The van der Waals surface area contributed by atoms with E-state index in [0.717, 1.165) is 5.56 Å². The number of carbonyl (C=O) groups excluding carboxylic acids is 2. The lowest BCUT2D eigenvalue weighted by atomic mass is 9.98. The first-order valence-corrected chi connectivity index (χ1v) is 12.9. The molecular weight excluding hydrogens is 523 g/mol. The molecule has 0 radical (unpaired) electrons. The maximum absolute atomic E-state index is 14.3.